The molecule has 1 aliphatic carbocycles. The van der Waals surface area contributed by atoms with Crippen LogP contribution in [-0.4, -0.2) is 18.5 Å². The van der Waals surface area contributed by atoms with Crippen LogP contribution in [0.15, 0.2) is 0 Å². The average molecular weight is 192 g/mol. The van der Waals surface area contributed by atoms with E-state index in [0.717, 1.165) is 19.3 Å². The second kappa shape index (κ2) is 3.17. The summed E-state index contributed by atoms with van der Waals surface area (Å²) in [6.45, 7) is 2.08. The molecule has 2 aliphatic rings. The van der Waals surface area contributed by atoms with Crippen molar-refractivity contribution >= 4 is 0 Å². The van der Waals surface area contributed by atoms with E-state index in [1.54, 1.807) is 0 Å². The molecular formula is C9H14F2O2. The van der Waals surface area contributed by atoms with Crippen molar-refractivity contribution in [3.8, 4) is 0 Å². The molecule has 1 saturated carbocycles. The maximum atomic E-state index is 12.6. The van der Waals surface area contributed by atoms with Crippen LogP contribution < -0.4 is 0 Å². The number of hydrogen-bond donors (Lipinski definition) is 0. The van der Waals surface area contributed by atoms with E-state index >= 15 is 0 Å². The molecule has 1 heterocycles. The number of fused-ring (bicyclic) bond motifs is 1. The minimum atomic E-state index is -3.34. The monoisotopic (exact) mass is 192 g/mol. The highest BCUT2D eigenvalue weighted by atomic mass is 19.3. The van der Waals surface area contributed by atoms with Crippen molar-refractivity contribution in [1.29, 1.82) is 0 Å². The van der Waals surface area contributed by atoms with Gasteiger partial charge in [0, 0.05) is 0 Å². The van der Waals surface area contributed by atoms with Crippen LogP contribution >= 0.6 is 0 Å². The fourth-order valence-electron chi connectivity index (χ4n) is 2.19. The Morgan fingerprint density at radius 2 is 1.92 bits per heavy atom. The van der Waals surface area contributed by atoms with E-state index in [1.807, 2.05) is 0 Å². The minimum absolute atomic E-state index is 0.377. The predicted molar refractivity (Wildman–Crippen MR) is 42.3 cm³/mol. The van der Waals surface area contributed by atoms with Gasteiger partial charge in [-0.2, -0.15) is 0 Å². The van der Waals surface area contributed by atoms with Gasteiger partial charge in [0.15, 0.2) is 0 Å². The van der Waals surface area contributed by atoms with Crippen LogP contribution in [0.5, 0.6) is 0 Å². The van der Waals surface area contributed by atoms with Crippen molar-refractivity contribution < 1.29 is 18.3 Å². The molecule has 0 aromatic heterocycles. The zero-order valence-corrected chi connectivity index (χ0v) is 7.63. The fraction of sp³-hybridized carbons (Fsp3) is 1.00. The molecule has 3 atom stereocenters. The van der Waals surface area contributed by atoms with Gasteiger partial charge in [0.25, 0.3) is 0 Å². The first-order valence-corrected chi connectivity index (χ1v) is 4.84. The first-order valence-electron chi connectivity index (χ1n) is 4.84. The number of halogens is 2. The Labute approximate surface area is 76.2 Å². The number of hydrogen-bond acceptors (Lipinski definition) is 2. The molecule has 2 nitrogen and oxygen atoms in total. The van der Waals surface area contributed by atoms with Crippen LogP contribution in [0.1, 0.15) is 32.6 Å². The number of alkyl halides is 2. The number of rotatable bonds is 1. The summed E-state index contributed by atoms with van der Waals surface area (Å²) in [5.41, 5.74) is 0. The standard InChI is InChI=1S/C9H14F2O2/c1-2-6-3-4-7-8(5-6)13-9(10,11)12-7/h6-8H,2-5H2,1H3. The van der Waals surface area contributed by atoms with Gasteiger partial charge < -0.3 is 0 Å². The summed E-state index contributed by atoms with van der Waals surface area (Å²) in [5.74, 6) is 0.527. The summed E-state index contributed by atoms with van der Waals surface area (Å²) >= 11 is 0. The van der Waals surface area contributed by atoms with Gasteiger partial charge in [-0.1, -0.05) is 13.3 Å². The molecule has 0 aromatic rings. The molecular weight excluding hydrogens is 178 g/mol. The third-order valence-electron chi connectivity index (χ3n) is 2.99. The van der Waals surface area contributed by atoms with Gasteiger partial charge in [-0.15, -0.1) is 8.78 Å². The third kappa shape index (κ3) is 1.83. The molecule has 0 bridgehead atoms. The maximum Gasteiger partial charge on any atom is 0.486 e. The molecule has 13 heavy (non-hydrogen) atoms. The summed E-state index contributed by atoms with van der Waals surface area (Å²) in [4.78, 5) is 0. The lowest BCUT2D eigenvalue weighted by Gasteiger charge is -2.27. The Morgan fingerprint density at radius 3 is 2.62 bits per heavy atom. The first kappa shape index (κ1) is 9.34. The van der Waals surface area contributed by atoms with Crippen molar-refractivity contribution in [3.63, 3.8) is 0 Å². The highest BCUT2D eigenvalue weighted by Crippen LogP contribution is 2.41. The Balaban J connectivity index is 1.98. The van der Waals surface area contributed by atoms with Gasteiger partial charge in [-0.05, 0) is 25.2 Å². The Morgan fingerprint density at radius 1 is 1.23 bits per heavy atom. The van der Waals surface area contributed by atoms with Gasteiger partial charge >= 0.3 is 6.29 Å². The largest absolute Gasteiger partial charge is 0.486 e. The Hall–Kier alpha value is -0.220. The summed E-state index contributed by atoms with van der Waals surface area (Å²) in [5, 5.41) is 0. The summed E-state index contributed by atoms with van der Waals surface area (Å²) in [6, 6.07) is 0. The van der Waals surface area contributed by atoms with Gasteiger partial charge in [-0.25, -0.2) is 0 Å². The molecule has 0 N–H and O–H groups in total. The van der Waals surface area contributed by atoms with Crippen molar-refractivity contribution in [3.05, 3.63) is 0 Å². The van der Waals surface area contributed by atoms with Gasteiger partial charge in [0.1, 0.15) is 0 Å². The van der Waals surface area contributed by atoms with E-state index < -0.39 is 6.29 Å². The minimum Gasteiger partial charge on any atom is -0.290 e. The molecule has 3 unspecified atom stereocenters. The average Bonchev–Trinajstić information content (AvgIpc) is 2.36. The van der Waals surface area contributed by atoms with E-state index in [4.69, 9.17) is 0 Å². The van der Waals surface area contributed by atoms with Crippen molar-refractivity contribution in [1.82, 2.24) is 0 Å². The van der Waals surface area contributed by atoms with Crippen molar-refractivity contribution in [2.24, 2.45) is 5.92 Å². The third-order valence-corrected chi connectivity index (χ3v) is 2.99. The lowest BCUT2D eigenvalue weighted by atomic mass is 9.84. The lowest BCUT2D eigenvalue weighted by Crippen LogP contribution is -2.30. The zero-order valence-electron chi connectivity index (χ0n) is 7.63. The van der Waals surface area contributed by atoms with Crippen LogP contribution in [0, 0.1) is 5.92 Å². The zero-order chi connectivity index (χ0) is 9.47. The van der Waals surface area contributed by atoms with E-state index in [0.29, 0.717) is 12.3 Å². The highest BCUT2D eigenvalue weighted by Gasteiger charge is 2.51. The van der Waals surface area contributed by atoms with Crippen LogP contribution in [0.4, 0.5) is 8.78 Å². The smallest absolute Gasteiger partial charge is 0.290 e. The summed E-state index contributed by atoms with van der Waals surface area (Å²) in [7, 11) is 0. The lowest BCUT2D eigenvalue weighted by molar-refractivity contribution is -0.351. The van der Waals surface area contributed by atoms with Crippen molar-refractivity contribution in [2.45, 2.75) is 51.1 Å². The molecule has 2 rings (SSSR count). The van der Waals surface area contributed by atoms with Gasteiger partial charge in [0.05, 0.1) is 12.2 Å². The summed E-state index contributed by atoms with van der Waals surface area (Å²) in [6.07, 6.45) is -0.644. The molecule has 2 fully saturated rings. The van der Waals surface area contributed by atoms with Crippen LogP contribution in [0.3, 0.4) is 0 Å². The number of ether oxygens (including phenoxy) is 2. The van der Waals surface area contributed by atoms with E-state index in [-0.39, 0.29) is 12.2 Å². The van der Waals surface area contributed by atoms with Crippen LogP contribution in [0.2, 0.25) is 0 Å². The second-order valence-electron chi connectivity index (χ2n) is 3.86. The van der Waals surface area contributed by atoms with Crippen LogP contribution in [0.25, 0.3) is 0 Å². The molecule has 0 spiro atoms. The second-order valence-corrected chi connectivity index (χ2v) is 3.86. The normalized spacial score (nSPS) is 43.2. The van der Waals surface area contributed by atoms with Gasteiger partial charge in [0.2, 0.25) is 0 Å². The van der Waals surface area contributed by atoms with Crippen LogP contribution in [-0.2, 0) is 9.47 Å². The molecule has 1 saturated heterocycles. The van der Waals surface area contributed by atoms with Gasteiger partial charge in [-0.3, -0.25) is 9.47 Å². The van der Waals surface area contributed by atoms with E-state index in [1.165, 1.54) is 0 Å². The highest BCUT2D eigenvalue weighted by molar-refractivity contribution is 4.85. The Kier molecular flexibility index (Phi) is 2.28. The topological polar surface area (TPSA) is 18.5 Å². The molecule has 1 aliphatic heterocycles. The Bertz CT molecular complexity index is 196. The van der Waals surface area contributed by atoms with Crippen molar-refractivity contribution in [2.75, 3.05) is 0 Å². The SMILES string of the molecule is CCC1CCC2OC(F)(F)OC2C1. The molecule has 4 heteroatoms. The fourth-order valence-corrected chi connectivity index (χ4v) is 2.19. The molecule has 76 valence electrons. The maximum absolute atomic E-state index is 12.6. The van der Waals surface area contributed by atoms with E-state index in [9.17, 15) is 8.78 Å². The summed E-state index contributed by atoms with van der Waals surface area (Å²) < 4.78 is 34.3. The molecule has 0 amide bonds. The molecule has 0 aromatic carbocycles. The first-order chi connectivity index (χ1) is 6.11. The quantitative estimate of drug-likeness (QED) is 0.635. The predicted octanol–water partition coefficient (Wildman–Crippen LogP) is 2.53. The van der Waals surface area contributed by atoms with E-state index in [2.05, 4.69) is 16.4 Å². The molecule has 0 radical (unpaired) electrons.